The number of amides is 1. The second kappa shape index (κ2) is 8.38. The van der Waals surface area contributed by atoms with Gasteiger partial charge in [0.15, 0.2) is 6.10 Å². The van der Waals surface area contributed by atoms with Crippen LogP contribution in [0.5, 0.6) is 5.75 Å². The van der Waals surface area contributed by atoms with E-state index < -0.39 is 6.10 Å². The van der Waals surface area contributed by atoms with Crippen LogP contribution in [0.3, 0.4) is 0 Å². The van der Waals surface area contributed by atoms with E-state index in [1.165, 1.54) is 0 Å². The van der Waals surface area contributed by atoms with Gasteiger partial charge in [-0.1, -0.05) is 11.6 Å². The first kappa shape index (κ1) is 18.6. The van der Waals surface area contributed by atoms with Gasteiger partial charge < -0.3 is 14.4 Å². The minimum Gasteiger partial charge on any atom is -0.481 e. The number of benzene rings is 1. The quantitative estimate of drug-likeness (QED) is 0.763. The predicted molar refractivity (Wildman–Crippen MR) is 92.2 cm³/mol. The number of hydrogen-bond acceptors (Lipinski definition) is 4. The minimum absolute atomic E-state index is 0.0649. The van der Waals surface area contributed by atoms with Crippen molar-refractivity contribution in [2.24, 2.45) is 5.92 Å². The summed E-state index contributed by atoms with van der Waals surface area (Å²) in [5.41, 5.74) is 0.907. The number of hydrogen-bond donors (Lipinski definition) is 0. The van der Waals surface area contributed by atoms with Crippen molar-refractivity contribution in [3.05, 3.63) is 28.8 Å². The van der Waals surface area contributed by atoms with Crippen molar-refractivity contribution in [1.29, 1.82) is 0 Å². The van der Waals surface area contributed by atoms with Crippen LogP contribution in [0.2, 0.25) is 5.02 Å². The Bertz CT molecular complexity index is 597. The molecule has 0 aliphatic carbocycles. The van der Waals surface area contributed by atoms with Crippen LogP contribution in [0.4, 0.5) is 0 Å². The van der Waals surface area contributed by atoms with Crippen LogP contribution in [0.15, 0.2) is 18.2 Å². The molecule has 1 aromatic rings. The molecule has 132 valence electrons. The largest absolute Gasteiger partial charge is 0.481 e. The van der Waals surface area contributed by atoms with Crippen molar-refractivity contribution in [1.82, 2.24) is 4.90 Å². The molecule has 0 bridgehead atoms. The van der Waals surface area contributed by atoms with E-state index in [4.69, 9.17) is 21.1 Å². The lowest BCUT2D eigenvalue weighted by Gasteiger charge is -2.32. The Hall–Kier alpha value is -1.75. The highest BCUT2D eigenvalue weighted by molar-refractivity contribution is 6.31. The van der Waals surface area contributed by atoms with Crippen LogP contribution in [-0.2, 0) is 14.3 Å². The number of ether oxygens (including phenoxy) is 2. The van der Waals surface area contributed by atoms with Gasteiger partial charge in [0.1, 0.15) is 5.75 Å². The van der Waals surface area contributed by atoms with Gasteiger partial charge in [0, 0.05) is 18.1 Å². The van der Waals surface area contributed by atoms with Crippen LogP contribution >= 0.6 is 11.6 Å². The molecular formula is C18H24ClNO4. The van der Waals surface area contributed by atoms with E-state index in [1.807, 2.05) is 13.0 Å². The molecule has 1 fully saturated rings. The van der Waals surface area contributed by atoms with Crippen molar-refractivity contribution < 1.29 is 19.1 Å². The van der Waals surface area contributed by atoms with Crippen molar-refractivity contribution in [3.8, 4) is 5.75 Å². The van der Waals surface area contributed by atoms with E-state index in [1.54, 1.807) is 30.9 Å². The third-order valence-corrected chi connectivity index (χ3v) is 4.64. The first-order valence-electron chi connectivity index (χ1n) is 8.30. The van der Waals surface area contributed by atoms with Gasteiger partial charge in [0.25, 0.3) is 5.91 Å². The van der Waals surface area contributed by atoms with Gasteiger partial charge in [0.2, 0.25) is 0 Å². The van der Waals surface area contributed by atoms with Crippen molar-refractivity contribution in [3.63, 3.8) is 0 Å². The summed E-state index contributed by atoms with van der Waals surface area (Å²) in [5, 5.41) is 0.669. The van der Waals surface area contributed by atoms with Gasteiger partial charge in [0.05, 0.1) is 12.5 Å². The Kier molecular flexibility index (Phi) is 6.49. The lowest BCUT2D eigenvalue weighted by molar-refractivity contribution is -0.152. The first-order valence-corrected chi connectivity index (χ1v) is 8.68. The second-order valence-corrected chi connectivity index (χ2v) is 6.43. The Morgan fingerprint density at radius 3 is 2.58 bits per heavy atom. The molecule has 1 heterocycles. The second-order valence-electron chi connectivity index (χ2n) is 6.02. The zero-order chi connectivity index (χ0) is 17.7. The molecule has 2 rings (SSSR count). The Labute approximate surface area is 147 Å². The Morgan fingerprint density at radius 2 is 2.00 bits per heavy atom. The topological polar surface area (TPSA) is 55.8 Å². The van der Waals surface area contributed by atoms with E-state index in [0.717, 1.165) is 5.56 Å². The number of halogens is 1. The monoisotopic (exact) mass is 353 g/mol. The average molecular weight is 354 g/mol. The molecule has 5 nitrogen and oxygen atoms in total. The molecule has 0 unspecified atom stereocenters. The molecular weight excluding hydrogens is 330 g/mol. The SMILES string of the molecule is CCOC(=O)C1CCN(C(=O)[C@H](C)Oc2ccc(Cl)c(C)c2)CC1. The molecule has 6 heteroatoms. The summed E-state index contributed by atoms with van der Waals surface area (Å²) in [5.74, 6) is 0.291. The third kappa shape index (κ3) is 4.63. The lowest BCUT2D eigenvalue weighted by Crippen LogP contribution is -2.45. The highest BCUT2D eigenvalue weighted by Crippen LogP contribution is 2.23. The number of esters is 1. The number of carbonyl (C=O) groups is 2. The fourth-order valence-corrected chi connectivity index (χ4v) is 2.92. The number of rotatable bonds is 5. The summed E-state index contributed by atoms with van der Waals surface area (Å²) in [4.78, 5) is 26.0. The van der Waals surface area contributed by atoms with E-state index in [9.17, 15) is 9.59 Å². The van der Waals surface area contributed by atoms with Crippen LogP contribution in [0.1, 0.15) is 32.3 Å². The van der Waals surface area contributed by atoms with Crippen LogP contribution in [-0.4, -0.2) is 42.6 Å². The fraction of sp³-hybridized carbons (Fsp3) is 0.556. The molecule has 0 aromatic heterocycles. The first-order chi connectivity index (χ1) is 11.4. The summed E-state index contributed by atoms with van der Waals surface area (Å²) < 4.78 is 10.8. The van der Waals surface area contributed by atoms with Gasteiger partial charge in [-0.25, -0.2) is 0 Å². The van der Waals surface area contributed by atoms with E-state index in [-0.39, 0.29) is 17.8 Å². The van der Waals surface area contributed by atoms with Crippen LogP contribution in [0, 0.1) is 12.8 Å². The molecule has 1 amide bonds. The predicted octanol–water partition coefficient (Wildman–Crippen LogP) is 3.22. The molecule has 24 heavy (non-hydrogen) atoms. The number of piperidine rings is 1. The number of nitrogens with zero attached hydrogens (tertiary/aromatic N) is 1. The Morgan fingerprint density at radius 1 is 1.33 bits per heavy atom. The van der Waals surface area contributed by atoms with Gasteiger partial charge >= 0.3 is 5.97 Å². The van der Waals surface area contributed by atoms with Crippen LogP contribution in [0.25, 0.3) is 0 Å². The van der Waals surface area contributed by atoms with Gasteiger partial charge in [-0.3, -0.25) is 9.59 Å². The molecule has 0 spiro atoms. The van der Waals surface area contributed by atoms with Crippen LogP contribution < -0.4 is 4.74 Å². The minimum atomic E-state index is -0.579. The third-order valence-electron chi connectivity index (χ3n) is 4.22. The summed E-state index contributed by atoms with van der Waals surface area (Å²) in [7, 11) is 0. The number of aryl methyl sites for hydroxylation is 1. The lowest BCUT2D eigenvalue weighted by atomic mass is 9.97. The van der Waals surface area contributed by atoms with E-state index in [0.29, 0.717) is 43.3 Å². The molecule has 1 aromatic carbocycles. The van der Waals surface area contributed by atoms with Crippen molar-refractivity contribution in [2.75, 3.05) is 19.7 Å². The van der Waals surface area contributed by atoms with Gasteiger partial charge in [-0.05, 0) is 57.4 Å². The number of likely N-dealkylation sites (tertiary alicyclic amines) is 1. The fourth-order valence-electron chi connectivity index (χ4n) is 2.80. The summed E-state index contributed by atoms with van der Waals surface area (Å²) in [6.07, 6.45) is 0.694. The maximum Gasteiger partial charge on any atom is 0.309 e. The summed E-state index contributed by atoms with van der Waals surface area (Å²) >= 11 is 5.99. The number of carbonyl (C=O) groups excluding carboxylic acids is 2. The van der Waals surface area contributed by atoms with Crippen molar-refractivity contribution in [2.45, 2.75) is 39.7 Å². The zero-order valence-corrected chi connectivity index (χ0v) is 15.1. The standard InChI is InChI=1S/C18H24ClNO4/c1-4-23-18(22)14-7-9-20(10-8-14)17(21)13(3)24-15-5-6-16(19)12(2)11-15/h5-6,11,13-14H,4,7-10H2,1-3H3/t13-/m0/s1. The van der Waals surface area contributed by atoms with Gasteiger partial charge in [-0.15, -0.1) is 0 Å². The van der Waals surface area contributed by atoms with E-state index in [2.05, 4.69) is 0 Å². The molecule has 1 aliphatic heterocycles. The molecule has 1 atom stereocenters. The zero-order valence-electron chi connectivity index (χ0n) is 14.4. The van der Waals surface area contributed by atoms with Gasteiger partial charge in [-0.2, -0.15) is 0 Å². The normalized spacial score (nSPS) is 16.6. The molecule has 0 N–H and O–H groups in total. The smallest absolute Gasteiger partial charge is 0.309 e. The molecule has 1 saturated heterocycles. The maximum absolute atomic E-state index is 12.5. The van der Waals surface area contributed by atoms with E-state index >= 15 is 0 Å². The van der Waals surface area contributed by atoms with Crippen molar-refractivity contribution >= 4 is 23.5 Å². The average Bonchev–Trinajstić information content (AvgIpc) is 2.58. The summed E-state index contributed by atoms with van der Waals surface area (Å²) in [6, 6.07) is 5.33. The molecule has 0 radical (unpaired) electrons. The Balaban J connectivity index is 1.87. The highest BCUT2D eigenvalue weighted by Gasteiger charge is 2.30. The summed E-state index contributed by atoms with van der Waals surface area (Å²) in [6.45, 7) is 6.92. The molecule has 0 saturated carbocycles. The molecule has 1 aliphatic rings. The highest BCUT2D eigenvalue weighted by atomic mass is 35.5. The maximum atomic E-state index is 12.5.